The zero-order chi connectivity index (χ0) is 30.8. The lowest BCUT2D eigenvalue weighted by Gasteiger charge is -2.25. The Balaban J connectivity index is 1.63. The van der Waals surface area contributed by atoms with E-state index in [2.05, 4.69) is 57.1 Å². The van der Waals surface area contributed by atoms with Gasteiger partial charge in [-0.1, -0.05) is 53.8 Å². The molecule has 0 saturated heterocycles. The zero-order valence-electron chi connectivity index (χ0n) is 24.0. The number of thiazole rings is 1. The number of hydrogen-bond donors (Lipinski definition) is 1. The number of amides is 1. The van der Waals surface area contributed by atoms with Crippen LogP contribution in [0.5, 0.6) is 11.5 Å². The number of allylic oxidation sites excluding steroid dienone is 1. The summed E-state index contributed by atoms with van der Waals surface area (Å²) < 4.78 is 15.2. The standard InChI is InChI=1S/C33H29I2N3O4S/c1-6-13-42-30-24(34)15-21(16-25(30)35)17-27-32(40)38-29(22-8-10-23(41-5)11-9-22)28(20(4)36-33(38)43-27)31(39)37-26-12-7-18(2)14-19(26)3/h6-12,14-17,29H,1,13H2,2-5H3,(H,37,39)/b27-17+/t29-/m1/s1. The highest BCUT2D eigenvalue weighted by atomic mass is 127. The molecule has 1 amide bonds. The van der Waals surface area contributed by atoms with Crippen LogP contribution in [0.2, 0.25) is 0 Å². The third-order valence-electron chi connectivity index (χ3n) is 6.99. The minimum absolute atomic E-state index is 0.217. The van der Waals surface area contributed by atoms with Gasteiger partial charge in [0.25, 0.3) is 11.5 Å². The summed E-state index contributed by atoms with van der Waals surface area (Å²) in [5.41, 5.74) is 5.18. The van der Waals surface area contributed by atoms with Crippen molar-refractivity contribution in [2.75, 3.05) is 19.0 Å². The van der Waals surface area contributed by atoms with Crippen LogP contribution in [0.25, 0.3) is 6.08 Å². The average Bonchev–Trinajstić information content (AvgIpc) is 3.27. The summed E-state index contributed by atoms with van der Waals surface area (Å²) >= 11 is 5.78. The normalized spacial score (nSPS) is 14.7. The maximum absolute atomic E-state index is 14.1. The molecule has 0 unspecified atom stereocenters. The molecule has 1 aliphatic heterocycles. The number of rotatable bonds is 8. The zero-order valence-corrected chi connectivity index (χ0v) is 29.2. The molecule has 1 aliphatic rings. The van der Waals surface area contributed by atoms with E-state index < -0.39 is 6.04 Å². The third-order valence-corrected chi connectivity index (χ3v) is 9.58. The highest BCUT2D eigenvalue weighted by Gasteiger charge is 2.32. The van der Waals surface area contributed by atoms with Crippen molar-refractivity contribution in [2.24, 2.45) is 4.99 Å². The molecular formula is C33H29I2N3O4S. The van der Waals surface area contributed by atoms with E-state index >= 15 is 0 Å². The van der Waals surface area contributed by atoms with Gasteiger partial charge in [-0.3, -0.25) is 14.2 Å². The maximum Gasteiger partial charge on any atom is 0.271 e. The monoisotopic (exact) mass is 817 g/mol. The van der Waals surface area contributed by atoms with Gasteiger partial charge in [0.2, 0.25) is 0 Å². The number of aryl methyl sites for hydroxylation is 2. The number of benzene rings is 3. The van der Waals surface area contributed by atoms with Gasteiger partial charge in [0.1, 0.15) is 18.1 Å². The van der Waals surface area contributed by atoms with E-state index in [4.69, 9.17) is 14.5 Å². The number of carbonyl (C=O) groups is 1. The van der Waals surface area contributed by atoms with Gasteiger partial charge in [-0.15, -0.1) is 0 Å². The average molecular weight is 817 g/mol. The Morgan fingerprint density at radius 3 is 2.42 bits per heavy atom. The first-order chi connectivity index (χ1) is 20.6. The largest absolute Gasteiger partial charge is 0.497 e. The molecule has 0 saturated carbocycles. The Hall–Kier alpha value is -3.23. The summed E-state index contributed by atoms with van der Waals surface area (Å²) in [4.78, 5) is 33.3. The van der Waals surface area contributed by atoms with E-state index in [1.807, 2.05) is 81.4 Å². The fraction of sp³-hybridized carbons (Fsp3) is 0.182. The molecule has 3 aromatic carbocycles. The van der Waals surface area contributed by atoms with Gasteiger partial charge in [0.15, 0.2) is 4.80 Å². The van der Waals surface area contributed by atoms with E-state index in [9.17, 15) is 9.59 Å². The molecule has 4 aromatic rings. The number of halogens is 2. The lowest BCUT2D eigenvalue weighted by molar-refractivity contribution is -0.113. The number of aromatic nitrogens is 1. The van der Waals surface area contributed by atoms with Gasteiger partial charge in [0, 0.05) is 5.69 Å². The van der Waals surface area contributed by atoms with Crippen LogP contribution in [0.15, 0.2) is 88.3 Å². The molecule has 1 N–H and O–H groups in total. The summed E-state index contributed by atoms with van der Waals surface area (Å²) in [6, 6.07) is 16.6. The topological polar surface area (TPSA) is 81.9 Å². The van der Waals surface area contributed by atoms with E-state index in [0.29, 0.717) is 38.6 Å². The van der Waals surface area contributed by atoms with Crippen molar-refractivity contribution >= 4 is 74.2 Å². The number of fused-ring (bicyclic) bond motifs is 1. The van der Waals surface area contributed by atoms with Gasteiger partial charge >= 0.3 is 0 Å². The number of nitrogens with zero attached hydrogens (tertiary/aromatic N) is 2. The van der Waals surface area contributed by atoms with E-state index in [1.54, 1.807) is 17.8 Å². The van der Waals surface area contributed by atoms with Gasteiger partial charge in [-0.05, 0) is 119 Å². The molecule has 0 aliphatic carbocycles. The van der Waals surface area contributed by atoms with Crippen molar-refractivity contribution in [2.45, 2.75) is 26.8 Å². The van der Waals surface area contributed by atoms with Gasteiger partial charge in [0.05, 0.1) is 36.1 Å². The Morgan fingerprint density at radius 2 is 1.79 bits per heavy atom. The van der Waals surface area contributed by atoms with Gasteiger partial charge in [-0.25, -0.2) is 4.99 Å². The Kier molecular flexibility index (Phi) is 9.57. The van der Waals surface area contributed by atoms with Crippen molar-refractivity contribution < 1.29 is 14.3 Å². The third kappa shape index (κ3) is 6.50. The van der Waals surface area contributed by atoms with Crippen LogP contribution in [-0.4, -0.2) is 24.2 Å². The second kappa shape index (κ2) is 13.2. The lowest BCUT2D eigenvalue weighted by atomic mass is 9.95. The van der Waals surface area contributed by atoms with Crippen molar-refractivity contribution in [1.82, 2.24) is 4.57 Å². The molecular weight excluding hydrogens is 788 g/mol. The van der Waals surface area contributed by atoms with Crippen molar-refractivity contribution in [1.29, 1.82) is 0 Å². The van der Waals surface area contributed by atoms with Crippen LogP contribution in [0, 0.1) is 21.0 Å². The molecule has 7 nitrogen and oxygen atoms in total. The fourth-order valence-electron chi connectivity index (χ4n) is 4.95. The molecule has 0 radical (unpaired) electrons. The molecule has 0 fully saturated rings. The smallest absolute Gasteiger partial charge is 0.271 e. The number of anilines is 1. The van der Waals surface area contributed by atoms with Crippen LogP contribution in [0.4, 0.5) is 5.69 Å². The van der Waals surface area contributed by atoms with E-state index in [-0.39, 0.29) is 11.5 Å². The van der Waals surface area contributed by atoms with E-state index in [0.717, 1.165) is 35.1 Å². The predicted octanol–water partition coefficient (Wildman–Crippen LogP) is 6.27. The molecule has 0 spiro atoms. The second-order valence-electron chi connectivity index (χ2n) is 10.0. The Labute approximate surface area is 280 Å². The number of nitrogens with one attached hydrogen (secondary N) is 1. The molecule has 43 heavy (non-hydrogen) atoms. The predicted molar refractivity (Wildman–Crippen MR) is 189 cm³/mol. The van der Waals surface area contributed by atoms with E-state index in [1.165, 1.54) is 11.3 Å². The summed E-state index contributed by atoms with van der Waals surface area (Å²) in [6.45, 7) is 9.92. The van der Waals surface area contributed by atoms with Crippen molar-refractivity contribution in [3.63, 3.8) is 0 Å². The van der Waals surface area contributed by atoms with Gasteiger partial charge in [-0.2, -0.15) is 0 Å². The Morgan fingerprint density at radius 1 is 1.09 bits per heavy atom. The minimum Gasteiger partial charge on any atom is -0.497 e. The molecule has 1 aromatic heterocycles. The first-order valence-corrected chi connectivity index (χ1v) is 16.4. The summed E-state index contributed by atoms with van der Waals surface area (Å²) in [7, 11) is 1.60. The molecule has 5 rings (SSSR count). The number of carbonyl (C=O) groups excluding carboxylic acids is 1. The SMILES string of the molecule is C=CCOc1c(I)cc(/C=c2/sc3n(c2=O)[C@H](c2ccc(OC)cc2)C(C(=O)Nc2ccc(C)cc2C)=C(C)N=3)cc1I. The quantitative estimate of drug-likeness (QED) is 0.168. The maximum atomic E-state index is 14.1. The summed E-state index contributed by atoms with van der Waals surface area (Å²) in [5.74, 6) is 1.17. The summed E-state index contributed by atoms with van der Waals surface area (Å²) in [5, 5.41) is 3.07. The molecule has 220 valence electrons. The fourth-order valence-corrected chi connectivity index (χ4v) is 8.13. The van der Waals surface area contributed by atoms with Crippen LogP contribution in [0.3, 0.4) is 0 Å². The molecule has 2 heterocycles. The highest BCUT2D eigenvalue weighted by Crippen LogP contribution is 2.33. The van der Waals surface area contributed by atoms with Crippen molar-refractivity contribution in [3.05, 3.63) is 128 Å². The molecule has 1 atom stereocenters. The molecule has 10 heteroatoms. The van der Waals surface area contributed by atoms with Crippen LogP contribution < -0.4 is 29.7 Å². The second-order valence-corrected chi connectivity index (χ2v) is 13.4. The summed E-state index contributed by atoms with van der Waals surface area (Å²) in [6.07, 6.45) is 3.57. The van der Waals surface area contributed by atoms with Crippen molar-refractivity contribution in [3.8, 4) is 11.5 Å². The highest BCUT2D eigenvalue weighted by molar-refractivity contribution is 14.1. The molecule has 0 bridgehead atoms. The number of ether oxygens (including phenoxy) is 2. The van der Waals surface area contributed by atoms with Crippen LogP contribution >= 0.6 is 56.5 Å². The Bertz CT molecular complexity index is 1940. The lowest BCUT2D eigenvalue weighted by Crippen LogP contribution is -2.40. The van der Waals surface area contributed by atoms with Crippen LogP contribution in [0.1, 0.15) is 35.2 Å². The number of hydrogen-bond acceptors (Lipinski definition) is 6. The first-order valence-electron chi connectivity index (χ1n) is 13.4. The van der Waals surface area contributed by atoms with Gasteiger partial charge < -0.3 is 14.8 Å². The minimum atomic E-state index is -0.676. The van der Waals surface area contributed by atoms with Crippen LogP contribution in [-0.2, 0) is 4.79 Å². The number of methoxy groups -OCH3 is 1. The first kappa shape index (κ1) is 31.2.